The number of hydrogen-bond acceptors (Lipinski definition) is 6. The van der Waals surface area contributed by atoms with Crippen molar-refractivity contribution in [2.24, 2.45) is 0 Å². The number of rotatable bonds is 10. The normalized spacial score (nSPS) is 15.4. The topological polar surface area (TPSA) is 75.5 Å². The molecule has 1 aliphatic rings. The van der Waals surface area contributed by atoms with Crippen LogP contribution in [0.2, 0.25) is 0 Å². The van der Waals surface area contributed by atoms with Crippen molar-refractivity contribution in [1.82, 2.24) is 19.0 Å². The van der Waals surface area contributed by atoms with Crippen molar-refractivity contribution in [2.45, 2.75) is 37.5 Å². The van der Waals surface area contributed by atoms with Crippen molar-refractivity contribution in [2.75, 3.05) is 20.6 Å². The van der Waals surface area contributed by atoms with Crippen molar-refractivity contribution in [1.29, 1.82) is 0 Å². The van der Waals surface area contributed by atoms with Crippen molar-refractivity contribution in [3.05, 3.63) is 71.3 Å². The number of aromatic nitrogens is 2. The number of carbonyl (C=O) groups excluding carboxylic acids is 1. The molecule has 2 heterocycles. The lowest BCUT2D eigenvalue weighted by atomic mass is 10.1. The molecular formula is C27H30N4O3S3. The van der Waals surface area contributed by atoms with Gasteiger partial charge in [0, 0.05) is 38.0 Å². The van der Waals surface area contributed by atoms with Crippen molar-refractivity contribution in [3.63, 3.8) is 0 Å². The number of carbonyl (C=O) groups is 1. The van der Waals surface area contributed by atoms with Gasteiger partial charge in [0.15, 0.2) is 0 Å². The van der Waals surface area contributed by atoms with E-state index in [9.17, 15) is 13.2 Å². The number of sulfonamides is 1. The summed E-state index contributed by atoms with van der Waals surface area (Å²) in [5.74, 6) is -0.0858. The maximum atomic E-state index is 13.2. The van der Waals surface area contributed by atoms with Crippen molar-refractivity contribution < 1.29 is 13.2 Å². The number of benzene rings is 2. The van der Waals surface area contributed by atoms with E-state index in [2.05, 4.69) is 6.92 Å². The van der Waals surface area contributed by atoms with Gasteiger partial charge in [0.2, 0.25) is 10.0 Å². The minimum Gasteiger partial charge on any atom is -0.293 e. The Bertz CT molecular complexity index is 1410. The Hall–Kier alpha value is -2.79. The molecule has 1 saturated heterocycles. The molecule has 0 spiro atoms. The van der Waals surface area contributed by atoms with Gasteiger partial charge in [-0.25, -0.2) is 17.4 Å². The standard InChI is InChI=1S/C27H30N4O3S3/c1-4-5-6-10-17-30-26(32)24(36-27(30)35)18-21-19-31(22-11-8-7-9-12-22)28-25(21)20-13-15-23(16-14-20)37(33,34)29(2)3/h7-9,11-16,18-19H,4-6,10,17H2,1-3H3. The van der Waals surface area contributed by atoms with E-state index in [0.29, 0.717) is 21.5 Å². The predicted octanol–water partition coefficient (Wildman–Crippen LogP) is 5.57. The Morgan fingerprint density at radius 2 is 1.73 bits per heavy atom. The van der Waals surface area contributed by atoms with Crippen LogP contribution in [0.1, 0.15) is 38.2 Å². The third kappa shape index (κ3) is 6.04. The number of para-hydroxylation sites is 1. The molecule has 10 heteroatoms. The van der Waals surface area contributed by atoms with E-state index >= 15 is 0 Å². The molecule has 2 aromatic carbocycles. The van der Waals surface area contributed by atoms with Crippen LogP contribution >= 0.6 is 24.0 Å². The number of thiocarbonyl (C=S) groups is 1. The molecule has 0 atom stereocenters. The summed E-state index contributed by atoms with van der Waals surface area (Å²) in [5, 5.41) is 4.80. The van der Waals surface area contributed by atoms with Crippen LogP contribution in [0.3, 0.4) is 0 Å². The minimum absolute atomic E-state index is 0.0858. The number of amides is 1. The molecule has 0 N–H and O–H groups in total. The lowest BCUT2D eigenvalue weighted by Gasteiger charge is -2.13. The molecule has 0 aliphatic carbocycles. The summed E-state index contributed by atoms with van der Waals surface area (Å²) in [6, 6.07) is 16.3. The van der Waals surface area contributed by atoms with Crippen LogP contribution < -0.4 is 0 Å². The zero-order chi connectivity index (χ0) is 26.6. The molecule has 7 nitrogen and oxygen atoms in total. The second kappa shape index (κ2) is 11.7. The van der Waals surface area contributed by atoms with Crippen LogP contribution in [0.15, 0.2) is 70.6 Å². The molecule has 4 rings (SSSR count). The number of hydrogen-bond donors (Lipinski definition) is 0. The highest BCUT2D eigenvalue weighted by Gasteiger charge is 2.32. The molecule has 3 aromatic rings. The van der Waals surface area contributed by atoms with Crippen molar-refractivity contribution >= 4 is 50.3 Å². The largest absolute Gasteiger partial charge is 0.293 e. The predicted molar refractivity (Wildman–Crippen MR) is 154 cm³/mol. The van der Waals surface area contributed by atoms with E-state index in [4.69, 9.17) is 17.3 Å². The molecule has 1 fully saturated rings. The second-order valence-corrected chi connectivity index (χ2v) is 12.7. The van der Waals surface area contributed by atoms with Gasteiger partial charge in [0.05, 0.1) is 21.2 Å². The fourth-order valence-corrected chi connectivity index (χ4v) is 6.16. The van der Waals surface area contributed by atoms with Gasteiger partial charge < -0.3 is 0 Å². The monoisotopic (exact) mass is 554 g/mol. The highest BCUT2D eigenvalue weighted by atomic mass is 32.2. The highest BCUT2D eigenvalue weighted by molar-refractivity contribution is 8.26. The first kappa shape index (κ1) is 27.3. The second-order valence-electron chi connectivity index (χ2n) is 8.92. The maximum absolute atomic E-state index is 13.2. The van der Waals surface area contributed by atoms with E-state index in [-0.39, 0.29) is 10.8 Å². The molecule has 0 bridgehead atoms. The van der Waals surface area contributed by atoms with Crippen LogP contribution in [-0.4, -0.2) is 58.3 Å². The Labute approximate surface area is 228 Å². The smallest absolute Gasteiger partial charge is 0.266 e. The SMILES string of the molecule is CCCCCCN1C(=O)C(=Cc2cn(-c3ccccc3)nc2-c2ccc(S(=O)(=O)N(C)C)cc2)SC1=S. The van der Waals surface area contributed by atoms with Crippen LogP contribution in [0.25, 0.3) is 23.0 Å². The van der Waals surface area contributed by atoms with Gasteiger partial charge in [0.1, 0.15) is 4.32 Å². The van der Waals surface area contributed by atoms with E-state index in [0.717, 1.165) is 42.5 Å². The Balaban J connectivity index is 1.70. The maximum Gasteiger partial charge on any atom is 0.266 e. The van der Waals surface area contributed by atoms with E-state index in [1.54, 1.807) is 33.8 Å². The summed E-state index contributed by atoms with van der Waals surface area (Å²) >= 11 is 6.82. The lowest BCUT2D eigenvalue weighted by Crippen LogP contribution is -2.29. The fraction of sp³-hybridized carbons (Fsp3) is 0.296. The zero-order valence-corrected chi connectivity index (χ0v) is 23.6. The van der Waals surface area contributed by atoms with Gasteiger partial charge >= 0.3 is 0 Å². The quantitative estimate of drug-likeness (QED) is 0.185. The molecular weight excluding hydrogens is 525 g/mol. The minimum atomic E-state index is -3.55. The average Bonchev–Trinajstić information content (AvgIpc) is 3.43. The van der Waals surface area contributed by atoms with Crippen LogP contribution in [0, 0.1) is 0 Å². The summed E-state index contributed by atoms with van der Waals surface area (Å²) in [6.45, 7) is 2.78. The van der Waals surface area contributed by atoms with Gasteiger partial charge in [-0.2, -0.15) is 5.10 Å². The van der Waals surface area contributed by atoms with Crippen LogP contribution in [0.4, 0.5) is 0 Å². The first-order chi connectivity index (χ1) is 17.7. The van der Waals surface area contributed by atoms with E-state index < -0.39 is 10.0 Å². The van der Waals surface area contributed by atoms with Gasteiger partial charge in [-0.1, -0.05) is 80.5 Å². The van der Waals surface area contributed by atoms with E-state index in [1.165, 1.54) is 30.2 Å². The summed E-state index contributed by atoms with van der Waals surface area (Å²) in [7, 11) is -0.540. The summed E-state index contributed by atoms with van der Waals surface area (Å²) in [4.78, 5) is 15.6. The van der Waals surface area contributed by atoms with Gasteiger partial charge in [-0.3, -0.25) is 9.69 Å². The highest BCUT2D eigenvalue weighted by Crippen LogP contribution is 2.35. The molecule has 1 amide bonds. The summed E-state index contributed by atoms with van der Waals surface area (Å²) < 4.78 is 28.5. The summed E-state index contributed by atoms with van der Waals surface area (Å²) in [6.07, 6.45) is 7.98. The zero-order valence-electron chi connectivity index (χ0n) is 21.1. The molecule has 0 radical (unpaired) electrons. The number of nitrogens with zero attached hydrogens (tertiary/aromatic N) is 4. The third-order valence-electron chi connectivity index (χ3n) is 6.07. The van der Waals surface area contributed by atoms with Crippen LogP contribution in [0.5, 0.6) is 0 Å². The van der Waals surface area contributed by atoms with Gasteiger partial charge in [-0.15, -0.1) is 0 Å². The fourth-order valence-electron chi connectivity index (χ4n) is 3.96. The first-order valence-electron chi connectivity index (χ1n) is 12.2. The first-order valence-corrected chi connectivity index (χ1v) is 14.8. The molecule has 37 heavy (non-hydrogen) atoms. The van der Waals surface area contributed by atoms with Crippen molar-refractivity contribution in [3.8, 4) is 16.9 Å². The number of unbranched alkanes of at least 4 members (excludes halogenated alkanes) is 3. The molecule has 0 saturated carbocycles. The van der Waals surface area contributed by atoms with Crippen LogP contribution in [-0.2, 0) is 14.8 Å². The average molecular weight is 555 g/mol. The molecule has 1 aromatic heterocycles. The summed E-state index contributed by atoms with van der Waals surface area (Å²) in [5.41, 5.74) is 3.01. The van der Waals surface area contributed by atoms with Gasteiger partial charge in [0.25, 0.3) is 5.91 Å². The third-order valence-corrected chi connectivity index (χ3v) is 9.27. The Morgan fingerprint density at radius 1 is 1.03 bits per heavy atom. The molecule has 1 aliphatic heterocycles. The number of thioether (sulfide) groups is 1. The Kier molecular flexibility index (Phi) is 8.63. The Morgan fingerprint density at radius 3 is 2.38 bits per heavy atom. The van der Waals surface area contributed by atoms with E-state index in [1.807, 2.05) is 42.6 Å². The molecule has 194 valence electrons. The molecule has 0 unspecified atom stereocenters. The van der Waals surface area contributed by atoms with Gasteiger partial charge in [-0.05, 0) is 36.8 Å². The lowest BCUT2D eigenvalue weighted by molar-refractivity contribution is -0.122.